The molecule has 4 aromatic heterocycles. The lowest BCUT2D eigenvalue weighted by atomic mass is 10.3. The van der Waals surface area contributed by atoms with Gasteiger partial charge in [0.15, 0.2) is 17.0 Å². The molecule has 5 heterocycles. The zero-order valence-electron chi connectivity index (χ0n) is 14.0. The average molecular weight is 351 g/mol. The largest absolute Gasteiger partial charge is 0.474 e. The molecule has 0 saturated carbocycles. The van der Waals surface area contributed by atoms with E-state index in [1.54, 1.807) is 16.9 Å². The fraction of sp³-hybridized carbons (Fsp3) is 0.278. The summed E-state index contributed by atoms with van der Waals surface area (Å²) < 4.78 is 19.0. The van der Waals surface area contributed by atoms with Gasteiger partial charge in [0.2, 0.25) is 5.88 Å². The quantitative estimate of drug-likeness (QED) is 0.601. The van der Waals surface area contributed by atoms with Crippen LogP contribution in [0.15, 0.2) is 47.1 Å². The highest BCUT2D eigenvalue weighted by Gasteiger charge is 2.16. The van der Waals surface area contributed by atoms with Crippen LogP contribution in [0.1, 0.15) is 0 Å². The summed E-state index contributed by atoms with van der Waals surface area (Å²) in [5.74, 6) is 1.18. The number of furan rings is 1. The zero-order chi connectivity index (χ0) is 17.3. The van der Waals surface area contributed by atoms with Crippen LogP contribution in [-0.4, -0.2) is 52.0 Å². The number of pyridine rings is 1. The fourth-order valence-electron chi connectivity index (χ4n) is 3.00. The van der Waals surface area contributed by atoms with Crippen LogP contribution < -0.4 is 10.1 Å². The van der Waals surface area contributed by atoms with E-state index in [9.17, 15) is 0 Å². The average Bonchev–Trinajstić information content (AvgIpc) is 3.30. The molecule has 1 atom stereocenters. The van der Waals surface area contributed by atoms with Crippen molar-refractivity contribution in [3.8, 4) is 17.3 Å². The summed E-state index contributed by atoms with van der Waals surface area (Å²) in [4.78, 5) is 8.69. The summed E-state index contributed by atoms with van der Waals surface area (Å²) in [6, 6.07) is 9.29. The highest BCUT2D eigenvalue weighted by molar-refractivity contribution is 5.78. The van der Waals surface area contributed by atoms with Crippen molar-refractivity contribution in [1.82, 2.24) is 24.9 Å². The van der Waals surface area contributed by atoms with Gasteiger partial charge in [0, 0.05) is 31.4 Å². The van der Waals surface area contributed by atoms with Crippen molar-refractivity contribution in [3.05, 3.63) is 42.7 Å². The number of nitrogens with zero attached hydrogens (tertiary/aromatic N) is 4. The van der Waals surface area contributed by atoms with Gasteiger partial charge in [-0.3, -0.25) is 4.98 Å². The minimum atomic E-state index is 0.0324. The zero-order valence-corrected chi connectivity index (χ0v) is 14.0. The van der Waals surface area contributed by atoms with E-state index in [4.69, 9.17) is 13.9 Å². The molecule has 4 aromatic rings. The molecule has 1 N–H and O–H groups in total. The Labute approximate surface area is 148 Å². The SMILES string of the molecule is c1cnc2cc(-c3cnc4ccc(OCC5CNCCO5)nn34)oc2c1. The van der Waals surface area contributed by atoms with E-state index in [0.29, 0.717) is 24.9 Å². The number of hydrogen-bond donors (Lipinski definition) is 1. The van der Waals surface area contributed by atoms with Crippen molar-refractivity contribution in [2.45, 2.75) is 6.10 Å². The molecule has 132 valence electrons. The Morgan fingerprint density at radius 1 is 1.27 bits per heavy atom. The summed E-state index contributed by atoms with van der Waals surface area (Å²) in [6.45, 7) is 2.81. The van der Waals surface area contributed by atoms with Crippen molar-refractivity contribution < 1.29 is 13.9 Å². The topological polar surface area (TPSA) is 86.7 Å². The standard InChI is InChI=1S/C18H17N5O3/c1-2-15-13(20-5-1)8-16(26-15)14-10-21-17-3-4-18(22-23(14)17)25-11-12-9-19-6-7-24-12/h1-5,8,10,12,19H,6-7,9,11H2. The van der Waals surface area contributed by atoms with Crippen LogP contribution in [0.3, 0.4) is 0 Å². The molecule has 8 heteroatoms. The van der Waals surface area contributed by atoms with Crippen molar-refractivity contribution in [2.75, 3.05) is 26.3 Å². The Hall–Kier alpha value is -2.97. The molecule has 0 bridgehead atoms. The highest BCUT2D eigenvalue weighted by Crippen LogP contribution is 2.27. The van der Waals surface area contributed by atoms with E-state index < -0.39 is 0 Å². The molecule has 0 spiro atoms. The maximum absolute atomic E-state index is 5.88. The monoisotopic (exact) mass is 351 g/mol. The number of imidazole rings is 1. The lowest BCUT2D eigenvalue weighted by molar-refractivity contribution is -0.000968. The predicted octanol–water partition coefficient (Wildman–Crippen LogP) is 1.90. The van der Waals surface area contributed by atoms with Gasteiger partial charge in [-0.25, -0.2) is 9.50 Å². The Bertz CT molecular complexity index is 1020. The molecule has 1 aliphatic heterocycles. The lowest BCUT2D eigenvalue weighted by Gasteiger charge is -2.23. The maximum Gasteiger partial charge on any atom is 0.231 e. The van der Waals surface area contributed by atoms with Gasteiger partial charge < -0.3 is 19.2 Å². The number of fused-ring (bicyclic) bond motifs is 2. The first-order valence-electron chi connectivity index (χ1n) is 8.52. The molecule has 0 aliphatic carbocycles. The molecule has 1 aliphatic rings. The van der Waals surface area contributed by atoms with E-state index >= 15 is 0 Å². The first-order chi connectivity index (χ1) is 12.9. The summed E-state index contributed by atoms with van der Waals surface area (Å²) in [5.41, 5.74) is 2.99. The minimum absolute atomic E-state index is 0.0324. The molecular formula is C18H17N5O3. The third kappa shape index (κ3) is 2.79. The van der Waals surface area contributed by atoms with Gasteiger partial charge >= 0.3 is 0 Å². The second kappa shape index (κ2) is 6.40. The van der Waals surface area contributed by atoms with Gasteiger partial charge in [0.05, 0.1) is 12.8 Å². The summed E-state index contributed by atoms with van der Waals surface area (Å²) >= 11 is 0. The van der Waals surface area contributed by atoms with Crippen LogP contribution in [0.5, 0.6) is 5.88 Å². The fourth-order valence-corrected chi connectivity index (χ4v) is 3.00. The molecule has 1 fully saturated rings. The van der Waals surface area contributed by atoms with Crippen LogP contribution in [0.2, 0.25) is 0 Å². The first-order valence-corrected chi connectivity index (χ1v) is 8.52. The summed E-state index contributed by atoms with van der Waals surface area (Å²) in [5, 5.41) is 7.82. The molecule has 8 nitrogen and oxygen atoms in total. The third-order valence-electron chi connectivity index (χ3n) is 4.30. The van der Waals surface area contributed by atoms with E-state index in [2.05, 4.69) is 20.4 Å². The highest BCUT2D eigenvalue weighted by atomic mass is 16.5. The van der Waals surface area contributed by atoms with E-state index in [0.717, 1.165) is 35.5 Å². The first kappa shape index (κ1) is 15.3. The van der Waals surface area contributed by atoms with Crippen molar-refractivity contribution in [1.29, 1.82) is 0 Å². The molecule has 1 saturated heterocycles. The number of ether oxygens (including phenoxy) is 2. The lowest BCUT2D eigenvalue weighted by Crippen LogP contribution is -2.41. The summed E-state index contributed by atoms with van der Waals surface area (Å²) in [7, 11) is 0. The van der Waals surface area contributed by atoms with Crippen LogP contribution in [0, 0.1) is 0 Å². The number of hydrogen-bond acceptors (Lipinski definition) is 7. The van der Waals surface area contributed by atoms with Gasteiger partial charge in [-0.05, 0) is 18.2 Å². The molecule has 0 amide bonds. The number of aromatic nitrogens is 4. The Balaban J connectivity index is 1.44. The Morgan fingerprint density at radius 2 is 2.27 bits per heavy atom. The van der Waals surface area contributed by atoms with E-state index in [1.165, 1.54) is 0 Å². The molecule has 1 unspecified atom stereocenters. The van der Waals surface area contributed by atoms with Gasteiger partial charge in [-0.1, -0.05) is 0 Å². The van der Waals surface area contributed by atoms with Gasteiger partial charge in [0.1, 0.15) is 23.9 Å². The normalized spacial score (nSPS) is 17.8. The van der Waals surface area contributed by atoms with Gasteiger partial charge in [0.25, 0.3) is 0 Å². The van der Waals surface area contributed by atoms with E-state index in [1.807, 2.05) is 30.3 Å². The second-order valence-corrected chi connectivity index (χ2v) is 6.09. The van der Waals surface area contributed by atoms with Crippen LogP contribution in [-0.2, 0) is 4.74 Å². The third-order valence-corrected chi connectivity index (χ3v) is 4.30. The van der Waals surface area contributed by atoms with Crippen LogP contribution >= 0.6 is 0 Å². The summed E-state index contributed by atoms with van der Waals surface area (Å²) in [6.07, 6.45) is 3.51. The smallest absolute Gasteiger partial charge is 0.231 e. The van der Waals surface area contributed by atoms with Crippen LogP contribution in [0.25, 0.3) is 28.2 Å². The van der Waals surface area contributed by atoms with Gasteiger partial charge in [-0.15, -0.1) is 5.10 Å². The van der Waals surface area contributed by atoms with E-state index in [-0.39, 0.29) is 6.10 Å². The molecule has 26 heavy (non-hydrogen) atoms. The van der Waals surface area contributed by atoms with Crippen LogP contribution in [0.4, 0.5) is 0 Å². The molecule has 5 rings (SSSR count). The minimum Gasteiger partial charge on any atom is -0.474 e. The van der Waals surface area contributed by atoms with Crippen molar-refractivity contribution in [2.24, 2.45) is 0 Å². The van der Waals surface area contributed by atoms with Crippen molar-refractivity contribution >= 4 is 16.7 Å². The Morgan fingerprint density at radius 3 is 3.15 bits per heavy atom. The number of morpholine rings is 1. The second-order valence-electron chi connectivity index (χ2n) is 6.09. The molecule has 0 radical (unpaired) electrons. The predicted molar refractivity (Wildman–Crippen MR) is 94.1 cm³/mol. The van der Waals surface area contributed by atoms with Gasteiger partial charge in [-0.2, -0.15) is 0 Å². The molecule has 0 aromatic carbocycles. The number of rotatable bonds is 4. The Kier molecular flexibility index (Phi) is 3.76. The molecular weight excluding hydrogens is 334 g/mol. The van der Waals surface area contributed by atoms with Crippen molar-refractivity contribution in [3.63, 3.8) is 0 Å². The maximum atomic E-state index is 5.88. The number of nitrogens with one attached hydrogen (secondary N) is 1.